The van der Waals surface area contributed by atoms with Gasteiger partial charge in [0.25, 0.3) is 0 Å². The van der Waals surface area contributed by atoms with Crippen LogP contribution in [0.25, 0.3) is 10.9 Å². The summed E-state index contributed by atoms with van der Waals surface area (Å²) in [6.07, 6.45) is 2.13. The standard InChI is InChI=1S/C16H22N2O/c1-11(2)19-15-8-4-7-14-13(6-5-9-17)10-12(3)18-16(14)15/h4,7-8,10-11H,5-6,9,17H2,1-3H3. The van der Waals surface area contributed by atoms with Crippen molar-refractivity contribution >= 4 is 10.9 Å². The largest absolute Gasteiger partial charge is 0.489 e. The second-order valence-corrected chi connectivity index (χ2v) is 5.13. The molecular formula is C16H22N2O. The van der Waals surface area contributed by atoms with Gasteiger partial charge in [-0.1, -0.05) is 12.1 Å². The van der Waals surface area contributed by atoms with Gasteiger partial charge in [-0.2, -0.15) is 0 Å². The second-order valence-electron chi connectivity index (χ2n) is 5.13. The molecule has 0 radical (unpaired) electrons. The fourth-order valence-electron chi connectivity index (χ4n) is 2.28. The summed E-state index contributed by atoms with van der Waals surface area (Å²) in [5, 5.41) is 1.18. The summed E-state index contributed by atoms with van der Waals surface area (Å²) in [5.74, 6) is 0.866. The van der Waals surface area contributed by atoms with E-state index in [-0.39, 0.29) is 6.10 Å². The molecule has 0 bridgehead atoms. The Balaban J connectivity index is 2.53. The molecule has 102 valence electrons. The Bertz CT molecular complexity index is 564. The van der Waals surface area contributed by atoms with E-state index in [2.05, 4.69) is 17.1 Å². The lowest BCUT2D eigenvalue weighted by Gasteiger charge is -2.14. The molecule has 0 fully saturated rings. The summed E-state index contributed by atoms with van der Waals surface area (Å²) in [6, 6.07) is 8.28. The molecule has 0 saturated heterocycles. The molecule has 19 heavy (non-hydrogen) atoms. The minimum Gasteiger partial charge on any atom is -0.489 e. The molecule has 1 aromatic heterocycles. The van der Waals surface area contributed by atoms with E-state index in [1.165, 1.54) is 10.9 Å². The van der Waals surface area contributed by atoms with E-state index < -0.39 is 0 Å². The van der Waals surface area contributed by atoms with Crippen molar-refractivity contribution < 1.29 is 4.74 Å². The summed E-state index contributed by atoms with van der Waals surface area (Å²) < 4.78 is 5.85. The number of nitrogens with two attached hydrogens (primary N) is 1. The fraction of sp³-hybridized carbons (Fsp3) is 0.438. The molecule has 0 unspecified atom stereocenters. The molecular weight excluding hydrogens is 236 g/mol. The minimum absolute atomic E-state index is 0.153. The SMILES string of the molecule is Cc1cc(CCCN)c2cccc(OC(C)C)c2n1. The normalized spacial score (nSPS) is 11.2. The van der Waals surface area contributed by atoms with Crippen LogP contribution in [0.3, 0.4) is 0 Å². The van der Waals surface area contributed by atoms with Crippen LogP contribution in [-0.2, 0) is 6.42 Å². The maximum Gasteiger partial charge on any atom is 0.145 e. The molecule has 3 heteroatoms. The quantitative estimate of drug-likeness (QED) is 0.895. The number of nitrogens with zero attached hydrogens (tertiary/aromatic N) is 1. The van der Waals surface area contributed by atoms with Gasteiger partial charge in [-0.25, -0.2) is 4.98 Å². The first kappa shape index (κ1) is 13.8. The lowest BCUT2D eigenvalue weighted by molar-refractivity contribution is 0.245. The van der Waals surface area contributed by atoms with Crippen molar-refractivity contribution in [1.29, 1.82) is 0 Å². The highest BCUT2D eigenvalue weighted by molar-refractivity contribution is 5.87. The molecule has 2 N–H and O–H groups in total. The van der Waals surface area contributed by atoms with Crippen molar-refractivity contribution in [3.63, 3.8) is 0 Å². The fourth-order valence-corrected chi connectivity index (χ4v) is 2.28. The summed E-state index contributed by atoms with van der Waals surface area (Å²) in [5.41, 5.74) is 8.91. The Morgan fingerprint density at radius 2 is 2.11 bits per heavy atom. The van der Waals surface area contributed by atoms with E-state index in [4.69, 9.17) is 10.5 Å². The molecule has 2 aromatic rings. The number of hydrogen-bond acceptors (Lipinski definition) is 3. The highest BCUT2D eigenvalue weighted by Gasteiger charge is 2.09. The Labute approximate surface area is 114 Å². The van der Waals surface area contributed by atoms with Gasteiger partial charge < -0.3 is 10.5 Å². The van der Waals surface area contributed by atoms with Gasteiger partial charge in [-0.05, 0) is 57.9 Å². The number of ether oxygens (including phenoxy) is 1. The van der Waals surface area contributed by atoms with Gasteiger partial charge >= 0.3 is 0 Å². The first-order valence-electron chi connectivity index (χ1n) is 6.87. The number of benzene rings is 1. The smallest absolute Gasteiger partial charge is 0.145 e. The average molecular weight is 258 g/mol. The molecule has 0 saturated carbocycles. The van der Waals surface area contributed by atoms with Crippen molar-refractivity contribution in [2.24, 2.45) is 5.73 Å². The van der Waals surface area contributed by atoms with Gasteiger partial charge in [0, 0.05) is 11.1 Å². The van der Waals surface area contributed by atoms with Crippen LogP contribution >= 0.6 is 0 Å². The number of pyridine rings is 1. The maximum absolute atomic E-state index is 5.85. The van der Waals surface area contributed by atoms with Gasteiger partial charge in [0.1, 0.15) is 11.3 Å². The number of hydrogen-bond donors (Lipinski definition) is 1. The van der Waals surface area contributed by atoms with Crippen LogP contribution in [0.4, 0.5) is 0 Å². The number of aryl methyl sites for hydroxylation is 2. The first-order chi connectivity index (χ1) is 9.11. The molecule has 0 spiro atoms. The molecule has 0 aliphatic heterocycles. The Hall–Kier alpha value is -1.61. The monoisotopic (exact) mass is 258 g/mol. The highest BCUT2D eigenvalue weighted by atomic mass is 16.5. The molecule has 0 amide bonds. The van der Waals surface area contributed by atoms with Gasteiger partial charge in [-0.3, -0.25) is 0 Å². The molecule has 1 heterocycles. The van der Waals surface area contributed by atoms with Crippen LogP contribution in [-0.4, -0.2) is 17.6 Å². The third kappa shape index (κ3) is 3.24. The minimum atomic E-state index is 0.153. The van der Waals surface area contributed by atoms with Crippen molar-refractivity contribution in [2.45, 2.75) is 39.7 Å². The van der Waals surface area contributed by atoms with E-state index in [0.29, 0.717) is 6.54 Å². The van der Waals surface area contributed by atoms with Crippen LogP contribution in [0, 0.1) is 6.92 Å². The maximum atomic E-state index is 5.85. The van der Waals surface area contributed by atoms with Gasteiger partial charge in [0.2, 0.25) is 0 Å². The molecule has 0 aliphatic carbocycles. The predicted molar refractivity (Wildman–Crippen MR) is 79.6 cm³/mol. The third-order valence-corrected chi connectivity index (χ3v) is 3.03. The van der Waals surface area contributed by atoms with Crippen LogP contribution in [0.5, 0.6) is 5.75 Å². The molecule has 1 aromatic carbocycles. The van der Waals surface area contributed by atoms with Crippen LogP contribution in [0.1, 0.15) is 31.5 Å². The Morgan fingerprint density at radius 3 is 2.79 bits per heavy atom. The topological polar surface area (TPSA) is 48.1 Å². The van der Waals surface area contributed by atoms with Crippen molar-refractivity contribution in [3.05, 3.63) is 35.5 Å². The zero-order valence-corrected chi connectivity index (χ0v) is 11.9. The Morgan fingerprint density at radius 1 is 1.32 bits per heavy atom. The van der Waals surface area contributed by atoms with Crippen molar-refractivity contribution in [1.82, 2.24) is 4.98 Å². The van der Waals surface area contributed by atoms with Gasteiger partial charge in [0.05, 0.1) is 6.10 Å². The molecule has 3 nitrogen and oxygen atoms in total. The molecule has 0 aliphatic rings. The number of para-hydroxylation sites is 1. The zero-order valence-electron chi connectivity index (χ0n) is 11.9. The van der Waals surface area contributed by atoms with Crippen LogP contribution in [0.2, 0.25) is 0 Å². The van der Waals surface area contributed by atoms with Crippen molar-refractivity contribution in [2.75, 3.05) is 6.54 Å². The van der Waals surface area contributed by atoms with E-state index in [9.17, 15) is 0 Å². The summed E-state index contributed by atoms with van der Waals surface area (Å²) >= 11 is 0. The van der Waals surface area contributed by atoms with E-state index in [0.717, 1.165) is 29.8 Å². The number of rotatable bonds is 5. The average Bonchev–Trinajstić information content (AvgIpc) is 2.36. The van der Waals surface area contributed by atoms with E-state index >= 15 is 0 Å². The molecule has 2 rings (SSSR count). The van der Waals surface area contributed by atoms with E-state index in [1.807, 2.05) is 32.9 Å². The van der Waals surface area contributed by atoms with Gasteiger partial charge in [-0.15, -0.1) is 0 Å². The zero-order chi connectivity index (χ0) is 13.8. The lowest BCUT2D eigenvalue weighted by atomic mass is 10.0. The highest BCUT2D eigenvalue weighted by Crippen LogP contribution is 2.28. The summed E-state index contributed by atoms with van der Waals surface area (Å²) in [6.45, 7) is 6.80. The number of fused-ring (bicyclic) bond motifs is 1. The summed E-state index contributed by atoms with van der Waals surface area (Å²) in [4.78, 5) is 4.64. The van der Waals surface area contributed by atoms with Crippen molar-refractivity contribution in [3.8, 4) is 5.75 Å². The lowest BCUT2D eigenvalue weighted by Crippen LogP contribution is -2.07. The summed E-state index contributed by atoms with van der Waals surface area (Å²) in [7, 11) is 0. The molecule has 0 atom stereocenters. The number of aromatic nitrogens is 1. The Kier molecular flexibility index (Phi) is 4.38. The third-order valence-electron chi connectivity index (χ3n) is 3.03. The van der Waals surface area contributed by atoms with Crippen LogP contribution in [0.15, 0.2) is 24.3 Å². The van der Waals surface area contributed by atoms with Crippen LogP contribution < -0.4 is 10.5 Å². The second kappa shape index (κ2) is 6.02. The van der Waals surface area contributed by atoms with Gasteiger partial charge in [0.15, 0.2) is 0 Å². The van der Waals surface area contributed by atoms with E-state index in [1.54, 1.807) is 0 Å². The predicted octanol–water partition coefficient (Wildman–Crippen LogP) is 3.22. The first-order valence-corrected chi connectivity index (χ1v) is 6.87.